The van der Waals surface area contributed by atoms with Crippen LogP contribution < -0.4 is 0 Å². The second-order valence-corrected chi connectivity index (χ2v) is 4.81. The van der Waals surface area contributed by atoms with Crippen LogP contribution in [0.25, 0.3) is 0 Å². The average Bonchev–Trinajstić information content (AvgIpc) is 2.29. The molecule has 0 heterocycles. The monoisotopic (exact) mass is 236 g/mol. The molecule has 0 amide bonds. The molecule has 0 saturated heterocycles. The number of phenols is 2. The maximum Gasteiger partial charge on any atom is 0.160 e. The zero-order valence-corrected chi connectivity index (χ0v) is 11.0. The highest BCUT2D eigenvalue weighted by atomic mass is 16.3. The Kier molecular flexibility index (Phi) is 5.88. The van der Waals surface area contributed by atoms with Crippen LogP contribution in [0, 0.1) is 6.92 Å². The smallest absolute Gasteiger partial charge is 0.160 e. The van der Waals surface area contributed by atoms with Gasteiger partial charge in [-0.15, -0.1) is 0 Å². The van der Waals surface area contributed by atoms with Crippen molar-refractivity contribution in [3.05, 3.63) is 23.3 Å². The third-order valence-corrected chi connectivity index (χ3v) is 3.11. The van der Waals surface area contributed by atoms with Gasteiger partial charge in [0.2, 0.25) is 0 Å². The highest BCUT2D eigenvalue weighted by Crippen LogP contribution is 2.31. The quantitative estimate of drug-likeness (QED) is 0.547. The van der Waals surface area contributed by atoms with Crippen LogP contribution in [-0.4, -0.2) is 10.2 Å². The van der Waals surface area contributed by atoms with Crippen LogP contribution in [0.1, 0.15) is 56.6 Å². The molecule has 0 aliphatic carbocycles. The molecule has 0 spiro atoms. The van der Waals surface area contributed by atoms with Gasteiger partial charge in [0.25, 0.3) is 0 Å². The lowest BCUT2D eigenvalue weighted by Crippen LogP contribution is -1.89. The van der Waals surface area contributed by atoms with Crippen molar-refractivity contribution in [1.29, 1.82) is 0 Å². The lowest BCUT2D eigenvalue weighted by atomic mass is 10.0. The first-order chi connectivity index (χ1) is 8.15. The number of rotatable bonds is 7. The SMILES string of the molecule is CCCCCCCCc1cc(C)cc(O)c1O. The van der Waals surface area contributed by atoms with Gasteiger partial charge in [-0.1, -0.05) is 45.1 Å². The van der Waals surface area contributed by atoms with Gasteiger partial charge in [-0.05, 0) is 37.0 Å². The summed E-state index contributed by atoms with van der Waals surface area (Å²) in [6, 6.07) is 3.56. The van der Waals surface area contributed by atoms with Crippen molar-refractivity contribution in [1.82, 2.24) is 0 Å². The molecular formula is C15H24O2. The van der Waals surface area contributed by atoms with Gasteiger partial charge in [0, 0.05) is 0 Å². The Labute approximate surface area is 104 Å². The van der Waals surface area contributed by atoms with Crippen LogP contribution in [0.15, 0.2) is 12.1 Å². The third kappa shape index (κ3) is 4.68. The lowest BCUT2D eigenvalue weighted by molar-refractivity contribution is 0.398. The van der Waals surface area contributed by atoms with Gasteiger partial charge >= 0.3 is 0 Å². The Balaban J connectivity index is 2.36. The summed E-state index contributed by atoms with van der Waals surface area (Å²) in [4.78, 5) is 0. The summed E-state index contributed by atoms with van der Waals surface area (Å²) < 4.78 is 0. The molecule has 1 aromatic rings. The molecule has 96 valence electrons. The topological polar surface area (TPSA) is 40.5 Å². The van der Waals surface area contributed by atoms with Gasteiger partial charge in [0.15, 0.2) is 11.5 Å². The molecule has 0 aliphatic heterocycles. The first kappa shape index (κ1) is 13.9. The molecule has 0 unspecified atom stereocenters. The zero-order chi connectivity index (χ0) is 12.7. The number of aromatic hydroxyl groups is 2. The van der Waals surface area contributed by atoms with Crippen molar-refractivity contribution in [3.8, 4) is 11.5 Å². The van der Waals surface area contributed by atoms with E-state index in [1.165, 1.54) is 32.1 Å². The first-order valence-corrected chi connectivity index (χ1v) is 6.66. The van der Waals surface area contributed by atoms with E-state index in [1.807, 2.05) is 13.0 Å². The van der Waals surface area contributed by atoms with Crippen LogP contribution in [0.5, 0.6) is 11.5 Å². The Hall–Kier alpha value is -1.18. The molecule has 2 N–H and O–H groups in total. The van der Waals surface area contributed by atoms with Crippen molar-refractivity contribution in [2.24, 2.45) is 0 Å². The number of hydrogen-bond donors (Lipinski definition) is 2. The van der Waals surface area contributed by atoms with E-state index in [-0.39, 0.29) is 11.5 Å². The molecule has 2 nitrogen and oxygen atoms in total. The van der Waals surface area contributed by atoms with E-state index in [2.05, 4.69) is 6.92 Å². The maximum atomic E-state index is 9.71. The standard InChI is InChI=1S/C15H24O2/c1-3-4-5-6-7-8-9-13-10-12(2)11-14(16)15(13)17/h10-11,16-17H,3-9H2,1-2H3. The van der Waals surface area contributed by atoms with Crippen molar-refractivity contribution in [3.63, 3.8) is 0 Å². The molecule has 0 saturated carbocycles. The summed E-state index contributed by atoms with van der Waals surface area (Å²) >= 11 is 0. The normalized spacial score (nSPS) is 10.7. The largest absolute Gasteiger partial charge is 0.504 e. The highest BCUT2D eigenvalue weighted by Gasteiger charge is 2.07. The van der Waals surface area contributed by atoms with Gasteiger partial charge in [-0.25, -0.2) is 0 Å². The Morgan fingerprint density at radius 2 is 1.59 bits per heavy atom. The molecule has 0 bridgehead atoms. The Bertz CT molecular complexity index is 345. The number of phenolic OH excluding ortho intramolecular Hbond substituents is 2. The zero-order valence-electron chi connectivity index (χ0n) is 11.0. The van der Waals surface area contributed by atoms with Gasteiger partial charge in [0.1, 0.15) is 0 Å². The predicted octanol–water partition coefficient (Wildman–Crippen LogP) is 4.31. The summed E-state index contributed by atoms with van der Waals surface area (Å²) in [7, 11) is 0. The molecule has 0 aromatic heterocycles. The number of benzene rings is 1. The molecule has 17 heavy (non-hydrogen) atoms. The minimum atomic E-state index is 0.00554. The fraction of sp³-hybridized carbons (Fsp3) is 0.600. The molecule has 0 fully saturated rings. The Morgan fingerprint density at radius 3 is 2.29 bits per heavy atom. The second-order valence-electron chi connectivity index (χ2n) is 4.81. The summed E-state index contributed by atoms with van der Waals surface area (Å²) in [5.41, 5.74) is 1.87. The Morgan fingerprint density at radius 1 is 0.941 bits per heavy atom. The van der Waals surface area contributed by atoms with Crippen molar-refractivity contribution in [2.45, 2.75) is 58.8 Å². The fourth-order valence-corrected chi connectivity index (χ4v) is 2.12. The van der Waals surface area contributed by atoms with Crippen LogP contribution in [0.3, 0.4) is 0 Å². The van der Waals surface area contributed by atoms with E-state index < -0.39 is 0 Å². The molecule has 0 atom stereocenters. The highest BCUT2D eigenvalue weighted by molar-refractivity contribution is 5.47. The number of hydrogen-bond acceptors (Lipinski definition) is 2. The summed E-state index contributed by atoms with van der Waals surface area (Å²) in [6.07, 6.45) is 8.30. The fourth-order valence-electron chi connectivity index (χ4n) is 2.12. The first-order valence-electron chi connectivity index (χ1n) is 6.66. The molecule has 0 aliphatic rings. The van der Waals surface area contributed by atoms with Gasteiger partial charge in [-0.3, -0.25) is 0 Å². The molecular weight excluding hydrogens is 212 g/mol. The molecule has 1 aromatic carbocycles. The minimum Gasteiger partial charge on any atom is -0.504 e. The van der Waals surface area contributed by atoms with Crippen LogP contribution >= 0.6 is 0 Å². The van der Waals surface area contributed by atoms with Gasteiger partial charge < -0.3 is 10.2 Å². The summed E-state index contributed by atoms with van der Waals surface area (Å²) in [5.74, 6) is 0.0649. The summed E-state index contributed by atoms with van der Waals surface area (Å²) in [6.45, 7) is 4.15. The van der Waals surface area contributed by atoms with Crippen LogP contribution in [-0.2, 0) is 6.42 Å². The van der Waals surface area contributed by atoms with Gasteiger partial charge in [-0.2, -0.15) is 0 Å². The average molecular weight is 236 g/mol. The molecule has 1 rings (SSSR count). The van der Waals surface area contributed by atoms with E-state index in [9.17, 15) is 10.2 Å². The molecule has 2 heteroatoms. The number of aryl methyl sites for hydroxylation is 2. The van der Waals surface area contributed by atoms with E-state index >= 15 is 0 Å². The van der Waals surface area contributed by atoms with Gasteiger partial charge in [0.05, 0.1) is 0 Å². The van der Waals surface area contributed by atoms with E-state index in [0.717, 1.165) is 24.0 Å². The van der Waals surface area contributed by atoms with Crippen LogP contribution in [0.4, 0.5) is 0 Å². The second kappa shape index (κ2) is 7.21. The minimum absolute atomic E-state index is 0.00554. The maximum absolute atomic E-state index is 9.71. The molecule has 0 radical (unpaired) electrons. The van der Waals surface area contributed by atoms with Crippen LogP contribution in [0.2, 0.25) is 0 Å². The van der Waals surface area contributed by atoms with Crippen molar-refractivity contribution < 1.29 is 10.2 Å². The van der Waals surface area contributed by atoms with E-state index in [1.54, 1.807) is 6.07 Å². The summed E-state index contributed by atoms with van der Waals surface area (Å²) in [5, 5.41) is 19.2. The third-order valence-electron chi connectivity index (χ3n) is 3.11. The predicted molar refractivity (Wildman–Crippen MR) is 71.6 cm³/mol. The van der Waals surface area contributed by atoms with E-state index in [0.29, 0.717) is 0 Å². The van der Waals surface area contributed by atoms with E-state index in [4.69, 9.17) is 0 Å². The van der Waals surface area contributed by atoms with Crippen molar-refractivity contribution in [2.75, 3.05) is 0 Å². The lowest BCUT2D eigenvalue weighted by Gasteiger charge is -2.07. The van der Waals surface area contributed by atoms with Crippen molar-refractivity contribution >= 4 is 0 Å². The number of unbranched alkanes of at least 4 members (excludes halogenated alkanes) is 5.